The third-order valence-corrected chi connectivity index (χ3v) is 11.1. The number of rotatable bonds is 7. The summed E-state index contributed by atoms with van der Waals surface area (Å²) in [7, 11) is -3.87. The zero-order valence-electron chi connectivity index (χ0n) is 20.0. The van der Waals surface area contributed by atoms with Crippen LogP contribution in [0.2, 0.25) is 4.34 Å². The summed E-state index contributed by atoms with van der Waals surface area (Å²) in [5.41, 5.74) is 1.32. The van der Waals surface area contributed by atoms with Crippen LogP contribution in [0.3, 0.4) is 0 Å². The Hall–Kier alpha value is -1.50. The van der Waals surface area contributed by atoms with Crippen LogP contribution in [0.4, 0.5) is 5.00 Å². The van der Waals surface area contributed by atoms with Crippen LogP contribution in [0.15, 0.2) is 16.3 Å². The molecule has 2 aliphatic heterocycles. The van der Waals surface area contributed by atoms with E-state index in [1.807, 2.05) is 0 Å². The van der Waals surface area contributed by atoms with E-state index >= 15 is 0 Å². The van der Waals surface area contributed by atoms with Gasteiger partial charge in [-0.3, -0.25) is 9.69 Å². The molecule has 0 bridgehead atoms. The third kappa shape index (κ3) is 5.45. The third-order valence-electron chi connectivity index (χ3n) is 6.40. The molecule has 0 spiro atoms. The minimum Gasteiger partial charge on any atom is -0.462 e. The minimum absolute atomic E-state index is 0.120. The molecule has 0 aromatic carbocycles. The number of amides is 1. The summed E-state index contributed by atoms with van der Waals surface area (Å²) in [6.45, 7) is 8.01. The maximum atomic E-state index is 13.5. The number of ether oxygens (including phenoxy) is 1. The summed E-state index contributed by atoms with van der Waals surface area (Å²) in [5, 5.41) is 3.35. The predicted octanol–water partition coefficient (Wildman–Crippen LogP) is 4.59. The maximum absolute atomic E-state index is 13.5. The van der Waals surface area contributed by atoms with Gasteiger partial charge in [0.25, 0.3) is 10.0 Å². The molecule has 1 atom stereocenters. The molecule has 0 radical (unpaired) electrons. The topological polar surface area (TPSA) is 96.0 Å². The van der Waals surface area contributed by atoms with Gasteiger partial charge in [-0.2, -0.15) is 4.31 Å². The van der Waals surface area contributed by atoms with Crippen molar-refractivity contribution in [1.29, 1.82) is 0 Å². The van der Waals surface area contributed by atoms with Crippen molar-refractivity contribution >= 4 is 61.2 Å². The fourth-order valence-corrected chi connectivity index (χ4v) is 9.11. The summed E-state index contributed by atoms with van der Waals surface area (Å²) in [5.74, 6) is -0.888. The largest absolute Gasteiger partial charge is 0.462 e. The highest BCUT2D eigenvalue weighted by molar-refractivity contribution is 7.91. The van der Waals surface area contributed by atoms with Crippen LogP contribution >= 0.6 is 34.3 Å². The second kappa shape index (κ2) is 10.9. The van der Waals surface area contributed by atoms with Crippen molar-refractivity contribution in [2.45, 2.75) is 69.3 Å². The molecule has 2 aliphatic rings. The van der Waals surface area contributed by atoms with Crippen molar-refractivity contribution in [2.24, 2.45) is 0 Å². The maximum Gasteiger partial charge on any atom is 0.341 e. The first-order valence-corrected chi connectivity index (χ1v) is 15.2. The molecular weight excluding hydrogens is 530 g/mol. The minimum atomic E-state index is -3.87. The monoisotopic (exact) mass is 559 g/mol. The lowest BCUT2D eigenvalue weighted by Gasteiger charge is -2.33. The predicted molar refractivity (Wildman–Crippen MR) is 139 cm³/mol. The number of carbonyl (C=O) groups excluding carboxylic acids is 2. The van der Waals surface area contributed by atoms with Crippen LogP contribution in [0, 0.1) is 0 Å². The van der Waals surface area contributed by atoms with Crippen LogP contribution in [-0.2, 0) is 32.5 Å². The Morgan fingerprint density at radius 3 is 2.66 bits per heavy atom. The van der Waals surface area contributed by atoms with E-state index < -0.39 is 27.9 Å². The first-order valence-electron chi connectivity index (χ1n) is 11.8. The second-order valence-electron chi connectivity index (χ2n) is 8.92. The van der Waals surface area contributed by atoms with E-state index in [-0.39, 0.29) is 17.4 Å². The van der Waals surface area contributed by atoms with E-state index in [1.165, 1.54) is 21.7 Å². The molecule has 4 rings (SSSR count). The van der Waals surface area contributed by atoms with E-state index in [4.69, 9.17) is 16.3 Å². The molecule has 1 amide bonds. The van der Waals surface area contributed by atoms with Gasteiger partial charge in [-0.05, 0) is 57.7 Å². The number of nitrogens with one attached hydrogen (secondary N) is 1. The van der Waals surface area contributed by atoms with Gasteiger partial charge in [0.05, 0.1) is 16.5 Å². The van der Waals surface area contributed by atoms with E-state index in [0.717, 1.165) is 34.7 Å². The van der Waals surface area contributed by atoms with Crippen molar-refractivity contribution in [1.82, 2.24) is 9.21 Å². The lowest BCUT2D eigenvalue weighted by molar-refractivity contribution is -0.120. The number of carbonyl (C=O) groups is 2. The molecule has 1 N–H and O–H groups in total. The van der Waals surface area contributed by atoms with Crippen molar-refractivity contribution < 1.29 is 22.7 Å². The van der Waals surface area contributed by atoms with Gasteiger partial charge in [0.15, 0.2) is 0 Å². The fraction of sp³-hybridized carbons (Fsp3) is 0.565. The SMILES string of the molecule is CCOC(=O)c1c(NC(=O)C2CCCCN2S(=O)(=O)c2ccc(Cl)s2)sc2c1CCN(C(C)C)C2. The van der Waals surface area contributed by atoms with Gasteiger partial charge in [-0.15, -0.1) is 22.7 Å². The number of esters is 1. The van der Waals surface area contributed by atoms with Crippen molar-refractivity contribution in [3.8, 4) is 0 Å². The molecule has 1 saturated heterocycles. The molecule has 12 heteroatoms. The molecule has 0 saturated carbocycles. The molecule has 1 unspecified atom stereocenters. The average molecular weight is 560 g/mol. The van der Waals surface area contributed by atoms with Crippen molar-refractivity contribution in [3.63, 3.8) is 0 Å². The van der Waals surface area contributed by atoms with Crippen LogP contribution in [-0.4, -0.2) is 61.3 Å². The molecule has 0 aliphatic carbocycles. The molecule has 4 heterocycles. The summed E-state index contributed by atoms with van der Waals surface area (Å²) in [6, 6.07) is 2.51. The van der Waals surface area contributed by atoms with E-state index in [2.05, 4.69) is 24.1 Å². The Bertz CT molecular complexity index is 1210. The highest BCUT2D eigenvalue weighted by Gasteiger charge is 2.39. The zero-order valence-corrected chi connectivity index (χ0v) is 23.2. The number of sulfonamides is 1. The first-order chi connectivity index (χ1) is 16.6. The second-order valence-corrected chi connectivity index (χ2v) is 13.9. The molecule has 2 aromatic heterocycles. The summed E-state index contributed by atoms with van der Waals surface area (Å²) in [4.78, 5) is 29.7. The van der Waals surface area contributed by atoms with Crippen LogP contribution in [0.5, 0.6) is 0 Å². The lowest BCUT2D eigenvalue weighted by Crippen LogP contribution is -2.49. The van der Waals surface area contributed by atoms with E-state index in [0.29, 0.717) is 46.7 Å². The van der Waals surface area contributed by atoms with Gasteiger partial charge >= 0.3 is 5.97 Å². The van der Waals surface area contributed by atoms with Crippen molar-refractivity contribution in [2.75, 3.05) is 25.0 Å². The fourth-order valence-electron chi connectivity index (χ4n) is 4.57. The Balaban J connectivity index is 1.63. The van der Waals surface area contributed by atoms with Gasteiger partial charge in [-0.25, -0.2) is 13.2 Å². The molecule has 192 valence electrons. The van der Waals surface area contributed by atoms with Gasteiger partial charge in [0, 0.05) is 30.6 Å². The number of nitrogens with zero attached hydrogens (tertiary/aromatic N) is 2. The summed E-state index contributed by atoms with van der Waals surface area (Å²) >= 11 is 8.33. The van der Waals surface area contributed by atoms with Gasteiger partial charge in [-0.1, -0.05) is 18.0 Å². The van der Waals surface area contributed by atoms with Crippen LogP contribution in [0.1, 0.15) is 60.8 Å². The van der Waals surface area contributed by atoms with E-state index in [1.54, 1.807) is 13.0 Å². The zero-order chi connectivity index (χ0) is 25.3. The molecular formula is C23H30ClN3O5S3. The quantitative estimate of drug-likeness (QED) is 0.499. The number of piperidine rings is 1. The van der Waals surface area contributed by atoms with E-state index in [9.17, 15) is 18.0 Å². The highest BCUT2D eigenvalue weighted by atomic mass is 35.5. The smallest absolute Gasteiger partial charge is 0.341 e. The normalized spacial score (nSPS) is 19.5. The average Bonchev–Trinajstić information content (AvgIpc) is 3.42. The highest BCUT2D eigenvalue weighted by Crippen LogP contribution is 2.39. The standard InChI is InChI=1S/C23H30ClN3O5S3/c1-4-32-23(29)20-15-10-12-26(14(2)3)13-17(15)33-22(20)25-21(28)16-7-5-6-11-27(16)35(30,31)19-9-8-18(24)34-19/h8-9,14,16H,4-7,10-13H2,1-3H3,(H,25,28). The Kier molecular flexibility index (Phi) is 8.24. The number of hydrogen-bond acceptors (Lipinski definition) is 8. The van der Waals surface area contributed by atoms with Gasteiger partial charge in [0.1, 0.15) is 15.3 Å². The number of fused-ring (bicyclic) bond motifs is 1. The van der Waals surface area contributed by atoms with Gasteiger partial charge < -0.3 is 10.1 Å². The van der Waals surface area contributed by atoms with Crippen LogP contribution < -0.4 is 5.32 Å². The van der Waals surface area contributed by atoms with Gasteiger partial charge in [0.2, 0.25) is 5.91 Å². The molecule has 8 nitrogen and oxygen atoms in total. The molecule has 35 heavy (non-hydrogen) atoms. The molecule has 1 fully saturated rings. The first kappa shape index (κ1) is 26.6. The van der Waals surface area contributed by atoms with Crippen molar-refractivity contribution in [3.05, 3.63) is 32.5 Å². The summed E-state index contributed by atoms with van der Waals surface area (Å²) in [6.07, 6.45) is 2.51. The Morgan fingerprint density at radius 1 is 1.23 bits per heavy atom. The number of hydrogen-bond donors (Lipinski definition) is 1. The molecule has 2 aromatic rings. The summed E-state index contributed by atoms with van der Waals surface area (Å²) < 4.78 is 33.7. The Morgan fingerprint density at radius 2 is 2.00 bits per heavy atom. The number of anilines is 1. The Labute approximate surface area is 219 Å². The number of thiophene rings is 2. The number of halogens is 1. The lowest BCUT2D eigenvalue weighted by atomic mass is 10.0. The van der Waals surface area contributed by atoms with Crippen LogP contribution in [0.25, 0.3) is 0 Å².